The Labute approximate surface area is 110 Å². The van der Waals surface area contributed by atoms with Crippen LogP contribution in [0.3, 0.4) is 0 Å². The fraction of sp³-hybridized carbons (Fsp3) is 0.929. The van der Waals surface area contributed by atoms with Crippen LogP contribution in [0.1, 0.15) is 33.1 Å². The van der Waals surface area contributed by atoms with Gasteiger partial charge < -0.3 is 15.5 Å². The van der Waals surface area contributed by atoms with Gasteiger partial charge in [-0.1, -0.05) is 6.92 Å². The molecule has 2 rings (SSSR count). The van der Waals surface area contributed by atoms with E-state index in [2.05, 4.69) is 30.7 Å². The van der Waals surface area contributed by atoms with Crippen molar-refractivity contribution >= 4 is 5.91 Å². The molecule has 18 heavy (non-hydrogen) atoms. The van der Waals surface area contributed by atoms with Crippen LogP contribution >= 0.6 is 0 Å². The molecule has 1 heterocycles. The van der Waals surface area contributed by atoms with Crippen LogP contribution in [0.2, 0.25) is 0 Å². The Morgan fingerprint density at radius 1 is 1.22 bits per heavy atom. The maximum absolute atomic E-state index is 12.7. The van der Waals surface area contributed by atoms with Crippen molar-refractivity contribution in [1.29, 1.82) is 0 Å². The van der Waals surface area contributed by atoms with E-state index in [9.17, 15) is 4.79 Å². The fourth-order valence-corrected chi connectivity index (χ4v) is 3.37. The SMILES string of the molecule is CC1CCC(N)C(C(=O)N2CCN(C)CC2C)C1. The van der Waals surface area contributed by atoms with Gasteiger partial charge in [-0.05, 0) is 39.2 Å². The largest absolute Gasteiger partial charge is 0.337 e. The first-order valence-corrected chi connectivity index (χ1v) is 7.23. The minimum Gasteiger partial charge on any atom is -0.337 e. The summed E-state index contributed by atoms with van der Waals surface area (Å²) in [6.07, 6.45) is 3.14. The van der Waals surface area contributed by atoms with Crippen LogP contribution in [-0.2, 0) is 4.79 Å². The van der Waals surface area contributed by atoms with Gasteiger partial charge >= 0.3 is 0 Å². The summed E-state index contributed by atoms with van der Waals surface area (Å²) in [5, 5.41) is 0. The molecule has 1 saturated carbocycles. The van der Waals surface area contributed by atoms with E-state index in [0.29, 0.717) is 17.9 Å². The monoisotopic (exact) mass is 253 g/mol. The standard InChI is InChI=1S/C14H27N3O/c1-10-4-5-13(15)12(8-10)14(18)17-7-6-16(3)9-11(17)2/h10-13H,4-9,15H2,1-3H3. The van der Waals surface area contributed by atoms with Gasteiger partial charge in [-0.3, -0.25) is 4.79 Å². The van der Waals surface area contributed by atoms with Gasteiger partial charge in [0.25, 0.3) is 0 Å². The summed E-state index contributed by atoms with van der Waals surface area (Å²) in [5.41, 5.74) is 6.16. The second-order valence-corrected chi connectivity index (χ2v) is 6.33. The first-order valence-electron chi connectivity index (χ1n) is 7.23. The van der Waals surface area contributed by atoms with Gasteiger partial charge in [-0.2, -0.15) is 0 Å². The van der Waals surface area contributed by atoms with Crippen LogP contribution in [0.4, 0.5) is 0 Å². The molecule has 0 aromatic carbocycles. The normalized spacial score (nSPS) is 38.8. The average Bonchev–Trinajstić information content (AvgIpc) is 2.31. The molecule has 1 amide bonds. The molecular formula is C14H27N3O. The molecule has 1 aliphatic carbocycles. The Balaban J connectivity index is 2.01. The maximum Gasteiger partial charge on any atom is 0.227 e. The lowest BCUT2D eigenvalue weighted by molar-refractivity contribution is -0.142. The molecule has 1 saturated heterocycles. The van der Waals surface area contributed by atoms with E-state index >= 15 is 0 Å². The van der Waals surface area contributed by atoms with Crippen LogP contribution < -0.4 is 5.73 Å². The van der Waals surface area contributed by atoms with Crippen molar-refractivity contribution in [3.8, 4) is 0 Å². The van der Waals surface area contributed by atoms with E-state index < -0.39 is 0 Å². The number of piperazine rings is 1. The Hall–Kier alpha value is -0.610. The predicted octanol–water partition coefficient (Wildman–Crippen LogP) is 0.912. The lowest BCUT2D eigenvalue weighted by atomic mass is 9.78. The molecule has 104 valence electrons. The Bertz CT molecular complexity index is 307. The molecule has 0 radical (unpaired) electrons. The van der Waals surface area contributed by atoms with Gasteiger partial charge in [-0.15, -0.1) is 0 Å². The molecule has 1 aliphatic heterocycles. The third kappa shape index (κ3) is 2.86. The lowest BCUT2D eigenvalue weighted by Crippen LogP contribution is -2.56. The van der Waals surface area contributed by atoms with Gasteiger partial charge in [0.05, 0.1) is 5.92 Å². The zero-order valence-electron chi connectivity index (χ0n) is 11.9. The average molecular weight is 253 g/mol. The minimum atomic E-state index is 0.0552. The molecule has 4 unspecified atom stereocenters. The molecule has 0 aromatic rings. The summed E-state index contributed by atoms with van der Waals surface area (Å²) in [7, 11) is 2.12. The third-order valence-electron chi connectivity index (χ3n) is 4.60. The van der Waals surface area contributed by atoms with Crippen molar-refractivity contribution in [2.24, 2.45) is 17.6 Å². The zero-order chi connectivity index (χ0) is 13.3. The second kappa shape index (κ2) is 5.57. The Kier molecular flexibility index (Phi) is 4.28. The van der Waals surface area contributed by atoms with Crippen LogP contribution in [-0.4, -0.2) is 54.5 Å². The van der Waals surface area contributed by atoms with E-state index in [-0.39, 0.29) is 12.0 Å². The van der Waals surface area contributed by atoms with Gasteiger partial charge in [-0.25, -0.2) is 0 Å². The van der Waals surface area contributed by atoms with Crippen molar-refractivity contribution in [3.63, 3.8) is 0 Å². The highest BCUT2D eigenvalue weighted by atomic mass is 16.2. The summed E-state index contributed by atoms with van der Waals surface area (Å²) in [6.45, 7) is 7.19. The number of carbonyl (C=O) groups is 1. The second-order valence-electron chi connectivity index (χ2n) is 6.33. The fourth-order valence-electron chi connectivity index (χ4n) is 3.37. The Morgan fingerprint density at radius 2 is 1.94 bits per heavy atom. The highest BCUT2D eigenvalue weighted by Crippen LogP contribution is 2.30. The van der Waals surface area contributed by atoms with E-state index in [1.807, 2.05) is 0 Å². The van der Waals surface area contributed by atoms with Gasteiger partial charge in [0.15, 0.2) is 0 Å². The summed E-state index contributed by atoms with van der Waals surface area (Å²) < 4.78 is 0. The molecule has 0 spiro atoms. The van der Waals surface area contributed by atoms with Crippen LogP contribution in [0.5, 0.6) is 0 Å². The maximum atomic E-state index is 12.7. The summed E-state index contributed by atoms with van der Waals surface area (Å²) in [4.78, 5) is 17.0. The number of hydrogen-bond acceptors (Lipinski definition) is 3. The van der Waals surface area contributed by atoms with Crippen LogP contribution in [0.15, 0.2) is 0 Å². The number of nitrogens with two attached hydrogens (primary N) is 1. The number of rotatable bonds is 1. The molecule has 2 N–H and O–H groups in total. The number of hydrogen-bond donors (Lipinski definition) is 1. The van der Waals surface area contributed by atoms with Crippen molar-refractivity contribution in [3.05, 3.63) is 0 Å². The smallest absolute Gasteiger partial charge is 0.227 e. The van der Waals surface area contributed by atoms with Crippen molar-refractivity contribution in [2.45, 2.75) is 45.2 Å². The number of carbonyl (C=O) groups excluding carboxylic acids is 1. The molecule has 4 atom stereocenters. The minimum absolute atomic E-state index is 0.0552. The highest BCUT2D eigenvalue weighted by Gasteiger charge is 2.36. The van der Waals surface area contributed by atoms with E-state index in [1.165, 1.54) is 6.42 Å². The van der Waals surface area contributed by atoms with Crippen molar-refractivity contribution in [1.82, 2.24) is 9.80 Å². The summed E-state index contributed by atoms with van der Waals surface area (Å²) in [5.74, 6) is 0.996. The predicted molar refractivity (Wildman–Crippen MR) is 73.2 cm³/mol. The quantitative estimate of drug-likeness (QED) is 0.756. The first kappa shape index (κ1) is 13.8. The van der Waals surface area contributed by atoms with E-state index in [1.54, 1.807) is 0 Å². The van der Waals surface area contributed by atoms with Gasteiger partial charge in [0.1, 0.15) is 0 Å². The van der Waals surface area contributed by atoms with Crippen molar-refractivity contribution < 1.29 is 4.79 Å². The van der Waals surface area contributed by atoms with E-state index in [4.69, 9.17) is 5.73 Å². The topological polar surface area (TPSA) is 49.6 Å². The zero-order valence-corrected chi connectivity index (χ0v) is 11.9. The van der Waals surface area contributed by atoms with E-state index in [0.717, 1.165) is 32.5 Å². The molecule has 0 aromatic heterocycles. The van der Waals surface area contributed by atoms with Crippen LogP contribution in [0, 0.1) is 11.8 Å². The number of likely N-dealkylation sites (N-methyl/N-ethyl adjacent to an activating group) is 1. The molecule has 4 nitrogen and oxygen atoms in total. The number of amides is 1. The molecule has 4 heteroatoms. The summed E-state index contributed by atoms with van der Waals surface area (Å²) >= 11 is 0. The van der Waals surface area contributed by atoms with Gasteiger partial charge in [0, 0.05) is 31.7 Å². The third-order valence-corrected chi connectivity index (χ3v) is 4.60. The lowest BCUT2D eigenvalue weighted by Gasteiger charge is -2.42. The summed E-state index contributed by atoms with van der Waals surface area (Å²) in [6, 6.07) is 0.390. The van der Waals surface area contributed by atoms with Crippen LogP contribution in [0.25, 0.3) is 0 Å². The molecule has 2 aliphatic rings. The van der Waals surface area contributed by atoms with Crippen molar-refractivity contribution in [2.75, 3.05) is 26.7 Å². The Morgan fingerprint density at radius 3 is 2.61 bits per heavy atom. The molecule has 0 bridgehead atoms. The van der Waals surface area contributed by atoms with Gasteiger partial charge in [0.2, 0.25) is 5.91 Å². The first-order chi connectivity index (χ1) is 8.49. The highest BCUT2D eigenvalue weighted by molar-refractivity contribution is 5.80. The molecule has 2 fully saturated rings. The number of nitrogens with zero attached hydrogens (tertiary/aromatic N) is 2. The molecular weight excluding hydrogens is 226 g/mol.